The Hall–Kier alpha value is -0.910. The van der Waals surface area contributed by atoms with Crippen LogP contribution in [0, 0.1) is 0 Å². The highest BCUT2D eigenvalue weighted by Crippen LogP contribution is 2.25. The van der Waals surface area contributed by atoms with E-state index in [1.54, 1.807) is 0 Å². The molecule has 1 saturated heterocycles. The van der Waals surface area contributed by atoms with Crippen LogP contribution in [0.1, 0.15) is 25.7 Å². The minimum atomic E-state index is -0.197. The van der Waals surface area contributed by atoms with E-state index in [2.05, 4.69) is 20.6 Å². The van der Waals surface area contributed by atoms with Gasteiger partial charge in [-0.2, -0.15) is 0 Å². The number of rotatable bonds is 2. The summed E-state index contributed by atoms with van der Waals surface area (Å²) in [5.41, 5.74) is 0. The van der Waals surface area contributed by atoms with Crippen molar-refractivity contribution in [3.05, 3.63) is 16.5 Å². The highest BCUT2D eigenvalue weighted by Gasteiger charge is 2.21. The number of hydrogen-bond acceptors (Lipinski definition) is 4. The molecule has 0 saturated carbocycles. The Morgan fingerprint density at radius 2 is 2.17 bits per heavy atom. The SMILES string of the molecule is O=C(Nc1ncnc(Cl)c1Cl)C1CCCCCN1. The van der Waals surface area contributed by atoms with Gasteiger partial charge in [-0.05, 0) is 19.4 Å². The molecule has 2 N–H and O–H groups in total. The first-order chi connectivity index (χ1) is 8.68. The second-order valence-electron chi connectivity index (χ2n) is 4.17. The van der Waals surface area contributed by atoms with Crippen molar-refractivity contribution in [2.75, 3.05) is 11.9 Å². The lowest BCUT2D eigenvalue weighted by molar-refractivity contribution is -0.118. The van der Waals surface area contributed by atoms with E-state index < -0.39 is 0 Å². The number of nitrogens with one attached hydrogen (secondary N) is 2. The van der Waals surface area contributed by atoms with E-state index in [0.717, 1.165) is 32.2 Å². The number of hydrogen-bond donors (Lipinski definition) is 2. The largest absolute Gasteiger partial charge is 0.308 e. The molecule has 0 spiro atoms. The summed E-state index contributed by atoms with van der Waals surface area (Å²) < 4.78 is 0. The van der Waals surface area contributed by atoms with Crippen LogP contribution >= 0.6 is 23.2 Å². The molecule has 1 unspecified atom stereocenters. The quantitative estimate of drug-likeness (QED) is 0.819. The smallest absolute Gasteiger partial charge is 0.242 e. The van der Waals surface area contributed by atoms with Crippen LogP contribution in [0.2, 0.25) is 10.2 Å². The summed E-state index contributed by atoms with van der Waals surface area (Å²) in [5, 5.41) is 6.19. The second kappa shape index (κ2) is 6.31. The number of carbonyl (C=O) groups is 1. The van der Waals surface area contributed by atoms with Gasteiger partial charge >= 0.3 is 0 Å². The van der Waals surface area contributed by atoms with Crippen molar-refractivity contribution in [1.29, 1.82) is 0 Å². The van der Waals surface area contributed by atoms with Gasteiger partial charge < -0.3 is 10.6 Å². The monoisotopic (exact) mass is 288 g/mol. The Balaban J connectivity index is 2.03. The average Bonchev–Trinajstić information content (AvgIpc) is 2.63. The molecule has 1 amide bonds. The van der Waals surface area contributed by atoms with Gasteiger partial charge in [0.2, 0.25) is 5.91 Å². The summed E-state index contributed by atoms with van der Waals surface area (Å²) in [6.07, 6.45) is 5.39. The molecule has 0 radical (unpaired) electrons. The normalized spacial score (nSPS) is 20.2. The first-order valence-corrected chi connectivity index (χ1v) is 6.64. The fraction of sp³-hybridized carbons (Fsp3) is 0.545. The first kappa shape index (κ1) is 13.5. The van der Waals surface area contributed by atoms with E-state index in [9.17, 15) is 4.79 Å². The third-order valence-corrected chi connectivity index (χ3v) is 3.61. The van der Waals surface area contributed by atoms with E-state index in [0.29, 0.717) is 0 Å². The third kappa shape index (κ3) is 3.31. The van der Waals surface area contributed by atoms with Crippen LogP contribution in [0.4, 0.5) is 5.82 Å². The minimum absolute atomic E-state index is 0.131. The molecule has 5 nitrogen and oxygen atoms in total. The van der Waals surface area contributed by atoms with Gasteiger partial charge in [-0.15, -0.1) is 0 Å². The summed E-state index contributed by atoms with van der Waals surface area (Å²) >= 11 is 11.7. The Bertz CT molecular complexity index is 433. The van der Waals surface area contributed by atoms with Crippen molar-refractivity contribution in [2.45, 2.75) is 31.7 Å². The number of anilines is 1. The zero-order valence-electron chi connectivity index (χ0n) is 9.75. The third-order valence-electron chi connectivity index (χ3n) is 2.87. The zero-order chi connectivity index (χ0) is 13.0. The maximum absolute atomic E-state index is 12.0. The second-order valence-corrected chi connectivity index (χ2v) is 4.91. The van der Waals surface area contributed by atoms with Crippen molar-refractivity contribution in [3.8, 4) is 0 Å². The highest BCUT2D eigenvalue weighted by atomic mass is 35.5. The molecule has 1 atom stereocenters. The molecule has 0 bridgehead atoms. The lowest BCUT2D eigenvalue weighted by Gasteiger charge is -2.15. The van der Waals surface area contributed by atoms with Gasteiger partial charge in [0.1, 0.15) is 11.3 Å². The lowest BCUT2D eigenvalue weighted by Crippen LogP contribution is -2.40. The van der Waals surface area contributed by atoms with E-state index in [1.807, 2.05) is 0 Å². The molecular weight excluding hydrogens is 275 g/mol. The molecule has 18 heavy (non-hydrogen) atoms. The Kier molecular flexibility index (Phi) is 4.74. The summed E-state index contributed by atoms with van der Waals surface area (Å²) in [7, 11) is 0. The molecule has 2 heterocycles. The van der Waals surface area contributed by atoms with Crippen molar-refractivity contribution < 1.29 is 4.79 Å². The summed E-state index contributed by atoms with van der Waals surface area (Å²) in [6, 6.07) is -0.197. The average molecular weight is 289 g/mol. The van der Waals surface area contributed by atoms with E-state index >= 15 is 0 Å². The number of carbonyl (C=O) groups excluding carboxylic acids is 1. The van der Waals surface area contributed by atoms with Crippen molar-refractivity contribution in [1.82, 2.24) is 15.3 Å². The molecule has 1 aliphatic rings. The summed E-state index contributed by atoms with van der Waals surface area (Å²) in [6.45, 7) is 0.857. The Morgan fingerprint density at radius 1 is 1.33 bits per heavy atom. The number of aromatic nitrogens is 2. The van der Waals surface area contributed by atoms with Gasteiger partial charge in [-0.1, -0.05) is 36.0 Å². The predicted molar refractivity (Wildman–Crippen MR) is 70.9 cm³/mol. The molecule has 0 aromatic carbocycles. The fourth-order valence-electron chi connectivity index (χ4n) is 1.89. The van der Waals surface area contributed by atoms with Gasteiger partial charge in [0.05, 0.1) is 6.04 Å². The molecule has 7 heteroatoms. The lowest BCUT2D eigenvalue weighted by atomic mass is 10.1. The van der Waals surface area contributed by atoms with Crippen LogP contribution in [0.5, 0.6) is 0 Å². The fourth-order valence-corrected chi connectivity index (χ4v) is 2.17. The van der Waals surface area contributed by atoms with Gasteiger partial charge in [0.25, 0.3) is 0 Å². The van der Waals surface area contributed by atoms with Crippen molar-refractivity contribution >= 4 is 34.9 Å². The van der Waals surface area contributed by atoms with Gasteiger partial charge in [0, 0.05) is 0 Å². The van der Waals surface area contributed by atoms with Gasteiger partial charge in [0.15, 0.2) is 11.0 Å². The standard InChI is InChI=1S/C11H14Cl2N4O/c12-8-9(13)15-6-16-10(8)17-11(18)7-4-2-1-3-5-14-7/h6-7,14H,1-5H2,(H,15,16,17,18). The molecule has 0 aliphatic carbocycles. The summed E-state index contributed by atoms with van der Waals surface area (Å²) in [4.78, 5) is 19.7. The zero-order valence-corrected chi connectivity index (χ0v) is 11.3. The maximum Gasteiger partial charge on any atom is 0.242 e. The minimum Gasteiger partial charge on any atom is -0.308 e. The van der Waals surface area contributed by atoms with Crippen LogP contribution in [0.25, 0.3) is 0 Å². The van der Waals surface area contributed by atoms with Crippen LogP contribution in [0.15, 0.2) is 6.33 Å². The highest BCUT2D eigenvalue weighted by molar-refractivity contribution is 6.42. The number of nitrogens with zero attached hydrogens (tertiary/aromatic N) is 2. The van der Waals surface area contributed by atoms with Crippen molar-refractivity contribution in [3.63, 3.8) is 0 Å². The molecule has 1 fully saturated rings. The number of halogens is 2. The molecule has 2 rings (SSSR count). The van der Waals surface area contributed by atoms with Crippen LogP contribution < -0.4 is 10.6 Å². The van der Waals surface area contributed by atoms with E-state index in [-0.39, 0.29) is 27.9 Å². The van der Waals surface area contributed by atoms with Crippen LogP contribution in [0.3, 0.4) is 0 Å². The van der Waals surface area contributed by atoms with Crippen LogP contribution in [-0.4, -0.2) is 28.5 Å². The van der Waals surface area contributed by atoms with Crippen molar-refractivity contribution in [2.24, 2.45) is 0 Å². The molecule has 1 aromatic heterocycles. The Labute approximate surface area is 115 Å². The first-order valence-electron chi connectivity index (χ1n) is 5.88. The predicted octanol–water partition coefficient (Wildman–Crippen LogP) is 2.25. The van der Waals surface area contributed by atoms with E-state index in [4.69, 9.17) is 23.2 Å². The number of amides is 1. The molecule has 98 valence electrons. The van der Waals surface area contributed by atoms with E-state index in [1.165, 1.54) is 6.33 Å². The molecule has 1 aromatic rings. The van der Waals surface area contributed by atoms with Crippen LogP contribution in [-0.2, 0) is 4.79 Å². The summed E-state index contributed by atoms with van der Waals surface area (Å²) in [5.74, 6) is 0.126. The topological polar surface area (TPSA) is 66.9 Å². The maximum atomic E-state index is 12.0. The van der Waals surface area contributed by atoms with Gasteiger partial charge in [-0.3, -0.25) is 4.79 Å². The molecular formula is C11H14Cl2N4O. The van der Waals surface area contributed by atoms with Gasteiger partial charge in [-0.25, -0.2) is 9.97 Å². The Morgan fingerprint density at radius 3 is 3.00 bits per heavy atom. The molecule has 1 aliphatic heterocycles.